The van der Waals surface area contributed by atoms with Crippen molar-refractivity contribution in [3.8, 4) is 0 Å². The highest BCUT2D eigenvalue weighted by molar-refractivity contribution is 5.98. The third kappa shape index (κ3) is 3.18. The van der Waals surface area contributed by atoms with Crippen molar-refractivity contribution in [2.24, 2.45) is 5.41 Å². The molecule has 0 aliphatic heterocycles. The third-order valence-corrected chi connectivity index (χ3v) is 4.72. The van der Waals surface area contributed by atoms with Gasteiger partial charge >= 0.3 is 5.97 Å². The Kier molecular flexibility index (Phi) is 4.28. The van der Waals surface area contributed by atoms with Gasteiger partial charge < -0.3 is 10.4 Å². The molecule has 0 spiro atoms. The number of aromatic nitrogens is 1. The van der Waals surface area contributed by atoms with Gasteiger partial charge in [0, 0.05) is 23.7 Å². The molecule has 1 aromatic carbocycles. The number of hydrogen-bond acceptors (Lipinski definition) is 3. The number of nitrogens with zero attached hydrogens (tertiary/aromatic N) is 1. The summed E-state index contributed by atoms with van der Waals surface area (Å²) in [6.07, 6.45) is 5.85. The lowest BCUT2D eigenvalue weighted by Crippen LogP contribution is -2.44. The number of carboxylic acid groups (broad SMARTS) is 1. The molecule has 2 N–H and O–H groups in total. The number of aliphatic carboxylic acids is 1. The summed E-state index contributed by atoms with van der Waals surface area (Å²) in [4.78, 5) is 28.2. The number of nitrogens with one attached hydrogen (secondary N) is 1. The number of rotatable bonds is 4. The van der Waals surface area contributed by atoms with Gasteiger partial charge in [0.25, 0.3) is 5.91 Å². The molecular formula is C18H20N2O3. The number of fused-ring (bicyclic) bond motifs is 1. The summed E-state index contributed by atoms with van der Waals surface area (Å²) < 4.78 is 0. The summed E-state index contributed by atoms with van der Waals surface area (Å²) in [7, 11) is 0. The molecule has 23 heavy (non-hydrogen) atoms. The van der Waals surface area contributed by atoms with Gasteiger partial charge in [-0.3, -0.25) is 14.6 Å². The van der Waals surface area contributed by atoms with Crippen LogP contribution in [0, 0.1) is 5.41 Å². The van der Waals surface area contributed by atoms with E-state index in [1.807, 2.05) is 12.1 Å². The van der Waals surface area contributed by atoms with Crippen molar-refractivity contribution in [2.75, 3.05) is 6.54 Å². The first-order valence-electron chi connectivity index (χ1n) is 7.97. The average molecular weight is 312 g/mol. The summed E-state index contributed by atoms with van der Waals surface area (Å²) in [6.45, 7) is 0.187. The summed E-state index contributed by atoms with van der Waals surface area (Å²) >= 11 is 0. The maximum absolute atomic E-state index is 12.4. The van der Waals surface area contributed by atoms with Crippen molar-refractivity contribution in [3.63, 3.8) is 0 Å². The first-order chi connectivity index (χ1) is 11.1. The molecule has 0 saturated heterocycles. The van der Waals surface area contributed by atoms with Crippen molar-refractivity contribution < 1.29 is 14.7 Å². The van der Waals surface area contributed by atoms with E-state index in [0.717, 1.165) is 30.2 Å². The van der Waals surface area contributed by atoms with Crippen LogP contribution in [0.4, 0.5) is 0 Å². The Balaban J connectivity index is 1.73. The maximum Gasteiger partial charge on any atom is 0.311 e. The van der Waals surface area contributed by atoms with E-state index < -0.39 is 11.4 Å². The fourth-order valence-electron chi connectivity index (χ4n) is 3.26. The summed E-state index contributed by atoms with van der Waals surface area (Å²) in [6, 6.07) is 9.03. The minimum absolute atomic E-state index is 0.187. The summed E-state index contributed by atoms with van der Waals surface area (Å²) in [5.41, 5.74) is 0.548. The minimum atomic E-state index is -0.813. The second-order valence-corrected chi connectivity index (χ2v) is 6.24. The van der Waals surface area contributed by atoms with Gasteiger partial charge in [-0.05, 0) is 37.1 Å². The number of hydrogen-bond donors (Lipinski definition) is 2. The van der Waals surface area contributed by atoms with Crippen molar-refractivity contribution >= 4 is 22.8 Å². The van der Waals surface area contributed by atoms with Crippen LogP contribution < -0.4 is 5.32 Å². The number of benzene rings is 1. The molecule has 5 nitrogen and oxygen atoms in total. The van der Waals surface area contributed by atoms with Gasteiger partial charge in [0.1, 0.15) is 0 Å². The number of carbonyl (C=O) groups is 2. The van der Waals surface area contributed by atoms with Crippen molar-refractivity contribution in [2.45, 2.75) is 32.1 Å². The molecule has 5 heteroatoms. The monoisotopic (exact) mass is 312 g/mol. The van der Waals surface area contributed by atoms with Gasteiger partial charge in [-0.1, -0.05) is 25.3 Å². The molecule has 1 heterocycles. The number of carboxylic acids is 1. The molecule has 1 amide bonds. The highest BCUT2D eigenvalue weighted by Gasteiger charge is 2.39. The van der Waals surface area contributed by atoms with Crippen LogP contribution >= 0.6 is 0 Å². The molecule has 0 radical (unpaired) electrons. The van der Waals surface area contributed by atoms with Crippen LogP contribution in [0.15, 0.2) is 36.5 Å². The third-order valence-electron chi connectivity index (χ3n) is 4.72. The number of carbonyl (C=O) groups excluding carboxylic acids is 1. The molecule has 2 aromatic rings. The number of amides is 1. The lowest BCUT2D eigenvalue weighted by atomic mass is 9.74. The zero-order valence-electron chi connectivity index (χ0n) is 12.9. The van der Waals surface area contributed by atoms with E-state index in [1.54, 1.807) is 24.4 Å². The second kappa shape index (κ2) is 6.36. The Morgan fingerprint density at radius 3 is 2.70 bits per heavy atom. The fraction of sp³-hybridized carbons (Fsp3) is 0.389. The minimum Gasteiger partial charge on any atom is -0.481 e. The molecule has 1 aromatic heterocycles. The van der Waals surface area contributed by atoms with Crippen LogP contribution in [0.5, 0.6) is 0 Å². The lowest BCUT2D eigenvalue weighted by molar-refractivity contribution is -0.150. The van der Waals surface area contributed by atoms with Crippen LogP contribution in [-0.2, 0) is 4.79 Å². The molecule has 0 atom stereocenters. The lowest BCUT2D eigenvalue weighted by Gasteiger charge is -2.33. The quantitative estimate of drug-likeness (QED) is 0.909. The van der Waals surface area contributed by atoms with E-state index in [2.05, 4.69) is 10.3 Å². The fourth-order valence-corrected chi connectivity index (χ4v) is 3.26. The second-order valence-electron chi connectivity index (χ2n) is 6.24. The SMILES string of the molecule is O=C(NCC1(C(=O)O)CCCCC1)c1ccc2ncccc2c1. The molecule has 0 unspecified atom stereocenters. The molecule has 1 saturated carbocycles. The Labute approximate surface area is 134 Å². The average Bonchev–Trinajstić information content (AvgIpc) is 2.60. The van der Waals surface area contributed by atoms with Crippen molar-refractivity contribution in [1.82, 2.24) is 10.3 Å². The molecule has 1 aliphatic rings. The van der Waals surface area contributed by atoms with Crippen molar-refractivity contribution in [3.05, 3.63) is 42.1 Å². The van der Waals surface area contributed by atoms with Gasteiger partial charge in [0.2, 0.25) is 0 Å². The van der Waals surface area contributed by atoms with Crippen molar-refractivity contribution in [1.29, 1.82) is 0 Å². The van der Waals surface area contributed by atoms with Crippen LogP contribution in [0.1, 0.15) is 42.5 Å². The van der Waals surface area contributed by atoms with E-state index in [9.17, 15) is 14.7 Å². The van der Waals surface area contributed by atoms with Gasteiger partial charge in [-0.2, -0.15) is 0 Å². The van der Waals surface area contributed by atoms with E-state index in [-0.39, 0.29) is 12.5 Å². The van der Waals surface area contributed by atoms with Gasteiger partial charge in [-0.15, -0.1) is 0 Å². The smallest absolute Gasteiger partial charge is 0.311 e. The predicted octanol–water partition coefficient (Wildman–Crippen LogP) is 3.00. The molecule has 0 bridgehead atoms. The molecule has 1 fully saturated rings. The normalized spacial score (nSPS) is 16.9. The first-order valence-corrected chi connectivity index (χ1v) is 7.97. The highest BCUT2D eigenvalue weighted by Crippen LogP contribution is 2.36. The van der Waals surface area contributed by atoms with Crippen LogP contribution in [-0.4, -0.2) is 28.5 Å². The Morgan fingerprint density at radius 1 is 1.17 bits per heavy atom. The number of pyridine rings is 1. The zero-order chi connectivity index (χ0) is 16.3. The first kappa shape index (κ1) is 15.5. The van der Waals surface area contributed by atoms with Crippen LogP contribution in [0.25, 0.3) is 10.9 Å². The zero-order valence-corrected chi connectivity index (χ0v) is 12.9. The maximum atomic E-state index is 12.4. The molecule has 3 rings (SSSR count). The van der Waals surface area contributed by atoms with Crippen LogP contribution in [0.2, 0.25) is 0 Å². The topological polar surface area (TPSA) is 79.3 Å². The van der Waals surface area contributed by atoms with Gasteiger partial charge in [0.15, 0.2) is 0 Å². The highest BCUT2D eigenvalue weighted by atomic mass is 16.4. The van der Waals surface area contributed by atoms with Gasteiger partial charge in [0.05, 0.1) is 10.9 Å². The largest absolute Gasteiger partial charge is 0.481 e. The molecular weight excluding hydrogens is 292 g/mol. The Morgan fingerprint density at radius 2 is 1.96 bits per heavy atom. The van der Waals surface area contributed by atoms with E-state index in [1.165, 1.54) is 0 Å². The Hall–Kier alpha value is -2.43. The van der Waals surface area contributed by atoms with Crippen LogP contribution in [0.3, 0.4) is 0 Å². The molecule has 120 valence electrons. The van der Waals surface area contributed by atoms with E-state index in [0.29, 0.717) is 18.4 Å². The van der Waals surface area contributed by atoms with E-state index >= 15 is 0 Å². The van der Waals surface area contributed by atoms with E-state index in [4.69, 9.17) is 0 Å². The standard InChI is InChI=1S/C18H20N2O3/c21-16(14-6-7-15-13(11-14)5-4-10-19-15)20-12-18(17(22)23)8-2-1-3-9-18/h4-7,10-11H,1-3,8-9,12H2,(H,20,21)(H,22,23). The summed E-state index contributed by atoms with van der Waals surface area (Å²) in [5.74, 6) is -1.04. The molecule has 1 aliphatic carbocycles. The predicted molar refractivity (Wildman–Crippen MR) is 87.2 cm³/mol. The Bertz CT molecular complexity index is 736. The summed E-state index contributed by atoms with van der Waals surface area (Å²) in [5, 5.41) is 13.3. The van der Waals surface area contributed by atoms with Gasteiger partial charge in [-0.25, -0.2) is 0 Å².